The molecule has 112 valence electrons. The smallest absolute Gasteiger partial charge is 0.251 e. The van der Waals surface area contributed by atoms with Crippen LogP contribution in [-0.4, -0.2) is 54.6 Å². The highest BCUT2D eigenvalue weighted by Gasteiger charge is 2.21. The molecule has 0 aliphatic heterocycles. The number of alkyl halides is 2. The van der Waals surface area contributed by atoms with E-state index in [4.69, 9.17) is 5.11 Å². The summed E-state index contributed by atoms with van der Waals surface area (Å²) in [4.78, 5) is 13.1. The molecule has 2 N–H and O–H groups in total. The predicted molar refractivity (Wildman–Crippen MR) is 69.1 cm³/mol. The maximum absolute atomic E-state index is 12.3. The topological polar surface area (TPSA) is 52.6 Å². The van der Waals surface area contributed by atoms with Gasteiger partial charge in [-0.3, -0.25) is 9.69 Å². The number of rotatable bonds is 7. The summed E-state index contributed by atoms with van der Waals surface area (Å²) in [6.45, 7) is 1.52. The van der Waals surface area contributed by atoms with Crippen molar-refractivity contribution in [3.8, 4) is 0 Å². The highest BCUT2D eigenvalue weighted by molar-refractivity contribution is 5.78. The number of carbonyl (C=O) groups is 1. The number of halogens is 2. The van der Waals surface area contributed by atoms with Crippen molar-refractivity contribution in [1.29, 1.82) is 0 Å². The molecule has 1 fully saturated rings. The molecular formula is C13H24F2N2O2. The minimum atomic E-state index is -2.49. The maximum Gasteiger partial charge on any atom is 0.251 e. The van der Waals surface area contributed by atoms with E-state index in [0.717, 1.165) is 25.7 Å². The Bertz CT molecular complexity index is 269. The van der Waals surface area contributed by atoms with Crippen molar-refractivity contribution in [3.05, 3.63) is 0 Å². The Balaban J connectivity index is 2.31. The molecule has 0 saturated heterocycles. The van der Waals surface area contributed by atoms with Crippen LogP contribution in [0.4, 0.5) is 8.78 Å². The van der Waals surface area contributed by atoms with Gasteiger partial charge in [0.15, 0.2) is 0 Å². The Labute approximate surface area is 113 Å². The van der Waals surface area contributed by atoms with Gasteiger partial charge in [0.05, 0.1) is 19.7 Å². The molecule has 0 aromatic rings. The molecule has 0 atom stereocenters. The Morgan fingerprint density at radius 1 is 1.37 bits per heavy atom. The molecule has 19 heavy (non-hydrogen) atoms. The van der Waals surface area contributed by atoms with E-state index in [2.05, 4.69) is 12.2 Å². The molecule has 0 unspecified atom stereocenters. The van der Waals surface area contributed by atoms with E-state index in [9.17, 15) is 13.6 Å². The molecule has 0 aromatic carbocycles. The minimum Gasteiger partial charge on any atom is -0.395 e. The first-order valence-electron chi connectivity index (χ1n) is 6.92. The third-order valence-corrected chi connectivity index (χ3v) is 3.56. The van der Waals surface area contributed by atoms with E-state index in [1.807, 2.05) is 0 Å². The lowest BCUT2D eigenvalue weighted by molar-refractivity contribution is -0.123. The summed E-state index contributed by atoms with van der Waals surface area (Å²) in [5, 5.41) is 11.7. The third kappa shape index (κ3) is 6.82. The van der Waals surface area contributed by atoms with Crippen molar-refractivity contribution in [3.63, 3.8) is 0 Å². The van der Waals surface area contributed by atoms with Crippen molar-refractivity contribution in [2.24, 2.45) is 5.92 Å². The SMILES string of the molecule is CC1CCC(NC(=O)CN(CCO)CC(F)F)CC1. The lowest BCUT2D eigenvalue weighted by atomic mass is 9.87. The van der Waals surface area contributed by atoms with E-state index < -0.39 is 13.0 Å². The van der Waals surface area contributed by atoms with E-state index >= 15 is 0 Å². The minimum absolute atomic E-state index is 0.0725. The Kier molecular flexibility index (Phi) is 7.23. The molecule has 1 rings (SSSR count). The van der Waals surface area contributed by atoms with Crippen LogP contribution in [0.3, 0.4) is 0 Å². The number of aliphatic hydroxyl groups excluding tert-OH is 1. The first-order valence-corrected chi connectivity index (χ1v) is 6.92. The average Bonchev–Trinajstić information content (AvgIpc) is 2.31. The fourth-order valence-corrected chi connectivity index (χ4v) is 2.45. The summed E-state index contributed by atoms with van der Waals surface area (Å²) >= 11 is 0. The molecule has 0 spiro atoms. The fraction of sp³-hybridized carbons (Fsp3) is 0.923. The largest absolute Gasteiger partial charge is 0.395 e. The zero-order valence-electron chi connectivity index (χ0n) is 11.4. The van der Waals surface area contributed by atoms with Gasteiger partial charge in [-0.2, -0.15) is 0 Å². The van der Waals surface area contributed by atoms with Gasteiger partial charge in [-0.05, 0) is 31.6 Å². The molecule has 0 aromatic heterocycles. The second kappa shape index (κ2) is 8.43. The molecule has 1 aliphatic rings. The number of aliphatic hydroxyl groups is 1. The first-order chi connectivity index (χ1) is 9.01. The molecule has 4 nitrogen and oxygen atoms in total. The van der Waals surface area contributed by atoms with Gasteiger partial charge in [0.2, 0.25) is 5.91 Å². The predicted octanol–water partition coefficient (Wildman–Crippen LogP) is 1.24. The van der Waals surface area contributed by atoms with Gasteiger partial charge < -0.3 is 10.4 Å². The summed E-state index contributed by atoms with van der Waals surface area (Å²) < 4.78 is 24.6. The van der Waals surface area contributed by atoms with Gasteiger partial charge in [-0.1, -0.05) is 6.92 Å². The van der Waals surface area contributed by atoms with Crippen molar-refractivity contribution >= 4 is 5.91 Å². The second-order valence-corrected chi connectivity index (χ2v) is 5.37. The Morgan fingerprint density at radius 3 is 2.53 bits per heavy atom. The highest BCUT2D eigenvalue weighted by Crippen LogP contribution is 2.23. The zero-order chi connectivity index (χ0) is 14.3. The molecule has 1 amide bonds. The number of nitrogens with zero attached hydrogens (tertiary/aromatic N) is 1. The Morgan fingerprint density at radius 2 is 2.00 bits per heavy atom. The lowest BCUT2D eigenvalue weighted by Crippen LogP contribution is -2.45. The van der Waals surface area contributed by atoms with E-state index in [-0.39, 0.29) is 31.6 Å². The molecule has 0 bridgehead atoms. The number of amides is 1. The molecular weight excluding hydrogens is 254 g/mol. The van der Waals surface area contributed by atoms with Gasteiger partial charge in [-0.25, -0.2) is 8.78 Å². The van der Waals surface area contributed by atoms with Crippen LogP contribution in [0.2, 0.25) is 0 Å². The molecule has 0 radical (unpaired) electrons. The van der Waals surface area contributed by atoms with Crippen molar-refractivity contribution in [2.75, 3.05) is 26.2 Å². The molecule has 1 saturated carbocycles. The van der Waals surface area contributed by atoms with Crippen molar-refractivity contribution in [1.82, 2.24) is 10.2 Å². The third-order valence-electron chi connectivity index (χ3n) is 3.56. The van der Waals surface area contributed by atoms with Gasteiger partial charge in [-0.15, -0.1) is 0 Å². The highest BCUT2D eigenvalue weighted by atomic mass is 19.3. The molecule has 1 aliphatic carbocycles. The molecule has 6 heteroatoms. The van der Waals surface area contributed by atoms with Gasteiger partial charge >= 0.3 is 0 Å². The number of carbonyl (C=O) groups excluding carboxylic acids is 1. The summed E-state index contributed by atoms with van der Waals surface area (Å²) in [6, 6.07) is 0.172. The van der Waals surface area contributed by atoms with Crippen LogP contribution >= 0.6 is 0 Å². The van der Waals surface area contributed by atoms with E-state index in [1.54, 1.807) is 0 Å². The van der Waals surface area contributed by atoms with Crippen LogP contribution in [0, 0.1) is 5.92 Å². The Hall–Kier alpha value is -0.750. The van der Waals surface area contributed by atoms with Crippen LogP contribution in [0.5, 0.6) is 0 Å². The van der Waals surface area contributed by atoms with E-state index in [0.29, 0.717) is 5.92 Å². The van der Waals surface area contributed by atoms with Crippen LogP contribution in [0.25, 0.3) is 0 Å². The van der Waals surface area contributed by atoms with E-state index in [1.165, 1.54) is 4.90 Å². The summed E-state index contributed by atoms with van der Waals surface area (Å²) in [5.74, 6) is 0.478. The second-order valence-electron chi connectivity index (χ2n) is 5.37. The van der Waals surface area contributed by atoms with Gasteiger partial charge in [0.1, 0.15) is 0 Å². The monoisotopic (exact) mass is 278 g/mol. The summed E-state index contributed by atoms with van der Waals surface area (Å²) in [5.41, 5.74) is 0. The lowest BCUT2D eigenvalue weighted by Gasteiger charge is -2.28. The number of hydrogen-bond acceptors (Lipinski definition) is 3. The van der Waals surface area contributed by atoms with Crippen LogP contribution in [0.1, 0.15) is 32.6 Å². The quantitative estimate of drug-likeness (QED) is 0.737. The maximum atomic E-state index is 12.3. The first kappa shape index (κ1) is 16.3. The van der Waals surface area contributed by atoms with Crippen molar-refractivity contribution < 1.29 is 18.7 Å². The van der Waals surface area contributed by atoms with Crippen LogP contribution < -0.4 is 5.32 Å². The van der Waals surface area contributed by atoms with Crippen molar-refractivity contribution in [2.45, 2.75) is 45.1 Å². The zero-order valence-corrected chi connectivity index (χ0v) is 11.4. The molecule has 0 heterocycles. The normalized spacial score (nSPS) is 23.9. The van der Waals surface area contributed by atoms with Gasteiger partial charge in [0.25, 0.3) is 6.43 Å². The summed E-state index contributed by atoms with van der Waals surface area (Å²) in [6.07, 6.45) is 1.63. The standard InChI is InChI=1S/C13H24F2N2O2/c1-10-2-4-11(5-3-10)16-13(19)9-17(6-7-18)8-12(14)15/h10-12,18H,2-9H2,1H3,(H,16,19). The fourth-order valence-electron chi connectivity index (χ4n) is 2.45. The van der Waals surface area contributed by atoms with Crippen LogP contribution in [-0.2, 0) is 4.79 Å². The van der Waals surface area contributed by atoms with Gasteiger partial charge in [0, 0.05) is 12.6 Å². The van der Waals surface area contributed by atoms with Crippen LogP contribution in [0.15, 0.2) is 0 Å². The summed E-state index contributed by atoms with van der Waals surface area (Å²) in [7, 11) is 0. The number of hydrogen-bond donors (Lipinski definition) is 2. The average molecular weight is 278 g/mol. The number of nitrogens with one attached hydrogen (secondary N) is 1.